The monoisotopic (exact) mass is 1090 g/mol. The van der Waals surface area contributed by atoms with Gasteiger partial charge in [-0.1, -0.05) is 218 Å². The van der Waals surface area contributed by atoms with Gasteiger partial charge < -0.3 is 33.7 Å². The Balaban J connectivity index is 1.03. The van der Waals surface area contributed by atoms with Crippen LogP contribution in [-0.2, 0) is 31.0 Å². The first-order valence-electron chi connectivity index (χ1n) is 27.2. The zero-order chi connectivity index (χ0) is 55.9. The molecule has 2 aromatic heterocycles. The van der Waals surface area contributed by atoms with E-state index in [1.807, 2.05) is 231 Å². The van der Waals surface area contributed by atoms with Crippen LogP contribution in [0.15, 0.2) is 267 Å². The molecule has 0 aliphatic carbocycles. The second-order valence-corrected chi connectivity index (χ2v) is 20.1. The van der Waals surface area contributed by atoms with Crippen molar-refractivity contribution in [3.8, 4) is 17.2 Å². The molecule has 0 spiro atoms. The van der Waals surface area contributed by atoms with E-state index in [4.69, 9.17) is 43.4 Å². The van der Waals surface area contributed by atoms with Gasteiger partial charge in [-0.05, 0) is 86.5 Å². The number of aromatic nitrogens is 4. The van der Waals surface area contributed by atoms with Crippen LogP contribution in [0.2, 0.25) is 0 Å². The highest BCUT2D eigenvalue weighted by molar-refractivity contribution is 5.84. The summed E-state index contributed by atoms with van der Waals surface area (Å²) in [6, 6.07) is 83.7. The van der Waals surface area contributed by atoms with Crippen molar-refractivity contribution in [3.63, 3.8) is 0 Å². The Bertz CT molecular complexity index is 3710. The van der Waals surface area contributed by atoms with E-state index in [0.29, 0.717) is 34.2 Å². The van der Waals surface area contributed by atoms with E-state index in [2.05, 4.69) is 29.6 Å². The van der Waals surface area contributed by atoms with Crippen molar-refractivity contribution >= 4 is 17.0 Å². The van der Waals surface area contributed by atoms with Crippen LogP contribution in [0.1, 0.15) is 56.3 Å². The molecule has 1 fully saturated rings. The van der Waals surface area contributed by atoms with Gasteiger partial charge in [0.1, 0.15) is 52.5 Å². The number of rotatable bonds is 20. The molecule has 0 amide bonds. The maximum atomic E-state index is 19.0. The van der Waals surface area contributed by atoms with E-state index in [1.165, 1.54) is 6.33 Å². The number of nitrogens with one attached hydrogen (secondary N) is 1. The summed E-state index contributed by atoms with van der Waals surface area (Å²) in [5.74, 6) is 2.48. The zero-order valence-corrected chi connectivity index (χ0v) is 45.5. The second kappa shape index (κ2) is 23.3. The normalized spacial score (nSPS) is 16.4. The summed E-state index contributed by atoms with van der Waals surface area (Å²) in [7, 11) is 4.92. The van der Waals surface area contributed by atoms with Gasteiger partial charge in [-0.25, -0.2) is 19.3 Å². The maximum absolute atomic E-state index is 19.0. The van der Waals surface area contributed by atoms with Crippen LogP contribution in [0, 0.1) is 0 Å². The average Bonchev–Trinajstić information content (AvgIpc) is 4.28. The minimum atomic E-state index is -1.81. The third kappa shape index (κ3) is 9.70. The van der Waals surface area contributed by atoms with Crippen LogP contribution in [0.25, 0.3) is 11.2 Å². The first kappa shape index (κ1) is 53.2. The molecule has 82 heavy (non-hydrogen) atoms. The maximum Gasteiger partial charge on any atom is 0.167 e. The molecule has 4 atom stereocenters. The molecule has 9 aromatic carbocycles. The number of imidazole rings is 1. The topological polar surface area (TPSA) is 111 Å². The fraction of sp³-hybridized carbons (Fsp3) is 0.157. The lowest BCUT2D eigenvalue weighted by Gasteiger charge is -2.39. The molecule has 11 aromatic rings. The Morgan fingerprint density at radius 2 is 0.817 bits per heavy atom. The van der Waals surface area contributed by atoms with Gasteiger partial charge in [0.2, 0.25) is 0 Å². The van der Waals surface area contributed by atoms with Gasteiger partial charge >= 0.3 is 0 Å². The molecule has 12 rings (SSSR count). The molecule has 0 unspecified atom stereocenters. The fourth-order valence-corrected chi connectivity index (χ4v) is 11.6. The Kier molecular flexibility index (Phi) is 15.1. The summed E-state index contributed by atoms with van der Waals surface area (Å²) in [6.45, 7) is -0.216. The van der Waals surface area contributed by atoms with Crippen LogP contribution in [0.5, 0.6) is 17.2 Å². The molecular weight excluding hydrogens is 1030 g/mol. The average molecular weight is 1090 g/mol. The molecule has 0 saturated carbocycles. The van der Waals surface area contributed by atoms with E-state index < -0.39 is 41.3 Å². The Hall–Kier alpha value is -9.46. The molecule has 3 heterocycles. The predicted octanol–water partition coefficient (Wildman–Crippen LogP) is 13.9. The first-order valence-corrected chi connectivity index (χ1v) is 27.2. The molecule has 1 aliphatic rings. The standard InChI is InChI=1S/C70H60FN5O6/c1-77-58-40-34-51(35-41-58)68(49-22-10-4-11-23-49,50-24-12-5-13-25-50)75-65-63-66(73-47-72-65)76(48-74-63)67-64(82-70(54-30-18-8-19-31-54,55-32-20-9-21-33-55)57-38-44-60(79-3)45-39-57)62(71)61(81-67)46-80-69(52-26-14-6-15-27-52,53-28-16-7-17-29-53)56-36-42-59(78-2)43-37-56/h4-45,47-48,61-62,64,67H,46H2,1-3H3,(H,72,73,75)/t61-,62+,64-,67-/m1/s1. The minimum Gasteiger partial charge on any atom is -0.497 e. The lowest BCUT2D eigenvalue weighted by atomic mass is 9.77. The highest BCUT2D eigenvalue weighted by Crippen LogP contribution is 2.49. The molecule has 12 heteroatoms. The number of nitrogens with zero attached hydrogens (tertiary/aromatic N) is 4. The first-order chi connectivity index (χ1) is 40.4. The number of halogens is 1. The molecular formula is C70H60FN5O6. The van der Waals surface area contributed by atoms with E-state index >= 15 is 4.39 Å². The highest BCUT2D eigenvalue weighted by atomic mass is 19.1. The number of anilines is 1. The van der Waals surface area contributed by atoms with Crippen molar-refractivity contribution in [1.82, 2.24) is 19.5 Å². The van der Waals surface area contributed by atoms with Gasteiger partial charge in [0.15, 0.2) is 29.4 Å². The quantitative estimate of drug-likeness (QED) is 0.0741. The van der Waals surface area contributed by atoms with E-state index in [9.17, 15) is 0 Å². The number of hydrogen-bond donors (Lipinski definition) is 1. The summed E-state index contributed by atoms with van der Waals surface area (Å²) >= 11 is 0. The number of alkyl halides is 1. The lowest BCUT2D eigenvalue weighted by molar-refractivity contribution is -0.119. The number of benzene rings is 9. The van der Waals surface area contributed by atoms with E-state index in [1.54, 1.807) is 32.2 Å². The van der Waals surface area contributed by atoms with Crippen molar-refractivity contribution in [1.29, 1.82) is 0 Å². The molecule has 1 saturated heterocycles. The smallest absolute Gasteiger partial charge is 0.167 e. The molecule has 0 radical (unpaired) electrons. The molecule has 1 N–H and O–H groups in total. The summed E-state index contributed by atoms with van der Waals surface area (Å²) in [5, 5.41) is 3.91. The zero-order valence-electron chi connectivity index (χ0n) is 45.5. The minimum absolute atomic E-state index is 0.216. The van der Waals surface area contributed by atoms with Gasteiger partial charge in [0.25, 0.3) is 0 Å². The van der Waals surface area contributed by atoms with E-state index in [-0.39, 0.29) is 6.61 Å². The van der Waals surface area contributed by atoms with Crippen LogP contribution >= 0.6 is 0 Å². The molecule has 11 nitrogen and oxygen atoms in total. The number of methoxy groups -OCH3 is 3. The van der Waals surface area contributed by atoms with Gasteiger partial charge in [-0.3, -0.25) is 4.57 Å². The SMILES string of the molecule is COc1ccc(C(Nc2ncnc3c2ncn3[C@@H]2O[C@H](COC(c3ccccc3)(c3ccccc3)c3ccc(OC)cc3)[C@H](F)[C@H]2OC(c2ccccc2)(c2ccccc2)c2ccc(OC)cc2)(c2ccccc2)c2ccccc2)cc1. The summed E-state index contributed by atoms with van der Waals surface area (Å²) < 4.78 is 60.1. The van der Waals surface area contributed by atoms with Crippen molar-refractivity contribution in [2.45, 2.75) is 41.3 Å². The van der Waals surface area contributed by atoms with Gasteiger partial charge in [-0.2, -0.15) is 0 Å². The van der Waals surface area contributed by atoms with Crippen molar-refractivity contribution in [2.24, 2.45) is 0 Å². The second-order valence-electron chi connectivity index (χ2n) is 20.1. The van der Waals surface area contributed by atoms with Gasteiger partial charge in [0, 0.05) is 0 Å². The third-order valence-electron chi connectivity index (χ3n) is 15.6. The number of fused-ring (bicyclic) bond motifs is 1. The summed E-state index contributed by atoms with van der Waals surface area (Å²) in [4.78, 5) is 15.0. The van der Waals surface area contributed by atoms with Gasteiger partial charge in [0.05, 0.1) is 34.3 Å². The molecule has 1 aliphatic heterocycles. The molecule has 408 valence electrons. The molecule has 0 bridgehead atoms. The number of hydrogen-bond acceptors (Lipinski definition) is 10. The number of ether oxygens (including phenoxy) is 6. The Morgan fingerprint density at radius 1 is 0.451 bits per heavy atom. The predicted molar refractivity (Wildman–Crippen MR) is 316 cm³/mol. The van der Waals surface area contributed by atoms with Crippen LogP contribution in [0.3, 0.4) is 0 Å². The van der Waals surface area contributed by atoms with Gasteiger partial charge in [-0.15, -0.1) is 0 Å². The summed E-state index contributed by atoms with van der Waals surface area (Å²) in [5.41, 5.74) is 4.70. The van der Waals surface area contributed by atoms with Crippen LogP contribution in [0.4, 0.5) is 10.2 Å². The highest BCUT2D eigenvalue weighted by Gasteiger charge is 2.54. The van der Waals surface area contributed by atoms with Crippen molar-refractivity contribution < 1.29 is 32.8 Å². The van der Waals surface area contributed by atoms with Crippen molar-refractivity contribution in [3.05, 3.63) is 318 Å². The Labute approximate surface area is 476 Å². The third-order valence-corrected chi connectivity index (χ3v) is 15.6. The lowest BCUT2D eigenvalue weighted by Crippen LogP contribution is -2.43. The van der Waals surface area contributed by atoms with E-state index in [0.717, 1.165) is 50.1 Å². The largest absolute Gasteiger partial charge is 0.497 e. The fourth-order valence-electron chi connectivity index (χ4n) is 11.6. The van der Waals surface area contributed by atoms with Crippen LogP contribution < -0.4 is 19.5 Å². The van der Waals surface area contributed by atoms with Crippen LogP contribution in [-0.4, -0.2) is 65.8 Å². The Morgan fingerprint density at radius 3 is 1.24 bits per heavy atom. The van der Waals surface area contributed by atoms with Crippen molar-refractivity contribution in [2.75, 3.05) is 33.3 Å². The summed E-state index contributed by atoms with van der Waals surface area (Å²) in [6.07, 6.45) is -2.41.